The second kappa shape index (κ2) is 4.55. The molecular formula is C26H14O2. The van der Waals surface area contributed by atoms with Gasteiger partial charge in [0.2, 0.25) is 0 Å². The molecule has 0 unspecified atom stereocenters. The minimum Gasteiger partial charge on any atom is -0.504 e. The summed E-state index contributed by atoms with van der Waals surface area (Å²) >= 11 is 0. The van der Waals surface area contributed by atoms with E-state index in [9.17, 15) is 10.2 Å². The van der Waals surface area contributed by atoms with Crippen LogP contribution in [0.25, 0.3) is 64.6 Å². The van der Waals surface area contributed by atoms with Gasteiger partial charge in [0.25, 0.3) is 0 Å². The van der Waals surface area contributed by atoms with Crippen LogP contribution in [0.3, 0.4) is 0 Å². The third-order valence-corrected chi connectivity index (χ3v) is 6.34. The van der Waals surface area contributed by atoms with Gasteiger partial charge in [-0.15, -0.1) is 0 Å². The maximum absolute atomic E-state index is 10.5. The van der Waals surface area contributed by atoms with Crippen LogP contribution in [0, 0.1) is 0 Å². The predicted molar refractivity (Wildman–Crippen MR) is 117 cm³/mol. The molecule has 0 bridgehead atoms. The van der Waals surface area contributed by atoms with Gasteiger partial charge in [-0.05, 0) is 72.1 Å². The Bertz CT molecular complexity index is 1710. The van der Waals surface area contributed by atoms with Crippen molar-refractivity contribution in [3.05, 3.63) is 72.8 Å². The van der Waals surface area contributed by atoms with Crippen molar-refractivity contribution in [1.29, 1.82) is 0 Å². The molecule has 0 saturated carbocycles. The monoisotopic (exact) mass is 358 g/mol. The van der Waals surface area contributed by atoms with Gasteiger partial charge in [0.15, 0.2) is 11.5 Å². The predicted octanol–water partition coefficient (Wildman–Crippen LogP) is 6.89. The maximum Gasteiger partial charge on any atom is 0.166 e. The van der Waals surface area contributed by atoms with Crippen LogP contribution in [0.5, 0.6) is 11.5 Å². The van der Waals surface area contributed by atoms with E-state index in [0.717, 1.165) is 26.9 Å². The molecule has 0 aliphatic heterocycles. The summed E-state index contributed by atoms with van der Waals surface area (Å²) < 4.78 is 0. The van der Waals surface area contributed by atoms with Crippen molar-refractivity contribution in [2.45, 2.75) is 0 Å². The van der Waals surface area contributed by atoms with Gasteiger partial charge in [-0.1, -0.05) is 54.6 Å². The fourth-order valence-corrected chi connectivity index (χ4v) is 5.10. The molecule has 0 spiro atoms. The summed E-state index contributed by atoms with van der Waals surface area (Å²) in [6.45, 7) is 0. The topological polar surface area (TPSA) is 40.5 Å². The maximum atomic E-state index is 10.5. The fourth-order valence-electron chi connectivity index (χ4n) is 5.10. The molecule has 0 aliphatic carbocycles. The molecule has 0 saturated heterocycles. The molecule has 7 aromatic carbocycles. The highest BCUT2D eigenvalue weighted by atomic mass is 16.3. The number of fused-ring (bicyclic) bond motifs is 7. The van der Waals surface area contributed by atoms with Crippen LogP contribution in [0.15, 0.2) is 72.8 Å². The molecule has 2 nitrogen and oxygen atoms in total. The number of hydrogen-bond acceptors (Lipinski definition) is 2. The van der Waals surface area contributed by atoms with Gasteiger partial charge in [0.05, 0.1) is 0 Å². The van der Waals surface area contributed by atoms with Crippen LogP contribution < -0.4 is 0 Å². The molecule has 0 fully saturated rings. The zero-order valence-corrected chi connectivity index (χ0v) is 14.8. The lowest BCUT2D eigenvalue weighted by Crippen LogP contribution is -1.90. The van der Waals surface area contributed by atoms with E-state index in [0.29, 0.717) is 0 Å². The lowest BCUT2D eigenvalue weighted by atomic mass is 9.85. The Morgan fingerprint density at radius 2 is 1.04 bits per heavy atom. The molecule has 0 aliphatic rings. The van der Waals surface area contributed by atoms with E-state index in [1.165, 1.54) is 37.7 Å². The normalized spacial score (nSPS) is 12.6. The van der Waals surface area contributed by atoms with E-state index < -0.39 is 0 Å². The number of benzene rings is 6. The smallest absolute Gasteiger partial charge is 0.166 e. The Labute approximate surface area is 159 Å². The first-order chi connectivity index (χ1) is 13.7. The third kappa shape index (κ3) is 1.48. The average molecular weight is 358 g/mol. The van der Waals surface area contributed by atoms with Crippen molar-refractivity contribution < 1.29 is 10.2 Å². The number of hydrogen-bond donors (Lipinski definition) is 2. The van der Waals surface area contributed by atoms with Gasteiger partial charge in [-0.25, -0.2) is 0 Å². The minimum atomic E-state index is -0.0703. The van der Waals surface area contributed by atoms with E-state index in [1.807, 2.05) is 6.07 Å². The first kappa shape index (κ1) is 14.3. The third-order valence-electron chi connectivity index (χ3n) is 6.34. The Balaban J connectivity index is 1.78. The van der Waals surface area contributed by atoms with Crippen molar-refractivity contribution in [3.8, 4) is 11.5 Å². The highest BCUT2D eigenvalue weighted by Gasteiger charge is 2.20. The summed E-state index contributed by atoms with van der Waals surface area (Å²) in [5.74, 6) is -0.0957. The summed E-state index contributed by atoms with van der Waals surface area (Å²) in [6.07, 6.45) is 0. The van der Waals surface area contributed by atoms with Crippen LogP contribution >= 0.6 is 0 Å². The van der Waals surface area contributed by atoms with Crippen molar-refractivity contribution in [2.24, 2.45) is 0 Å². The SMILES string of the molecule is Oc1ccc2c3ccc4c(cc5ccc6cccc7ccc4c5c67)c3c2c1O. The molecule has 0 aromatic heterocycles. The van der Waals surface area contributed by atoms with Crippen LogP contribution in [0.2, 0.25) is 0 Å². The first-order valence-electron chi connectivity index (χ1n) is 9.41. The number of phenolic OH excluding ortho intramolecular Hbond substituents is 2. The number of phenols is 2. The molecule has 2 heteroatoms. The van der Waals surface area contributed by atoms with Crippen LogP contribution in [-0.4, -0.2) is 10.2 Å². The van der Waals surface area contributed by atoms with Gasteiger partial charge in [-0.3, -0.25) is 0 Å². The van der Waals surface area contributed by atoms with Gasteiger partial charge in [0.1, 0.15) is 0 Å². The van der Waals surface area contributed by atoms with Crippen molar-refractivity contribution in [1.82, 2.24) is 0 Å². The van der Waals surface area contributed by atoms with Crippen molar-refractivity contribution in [3.63, 3.8) is 0 Å². The second-order valence-electron chi connectivity index (χ2n) is 7.67. The highest BCUT2D eigenvalue weighted by molar-refractivity contribution is 6.39. The summed E-state index contributed by atoms with van der Waals surface area (Å²) in [4.78, 5) is 0. The van der Waals surface area contributed by atoms with Crippen molar-refractivity contribution in [2.75, 3.05) is 0 Å². The average Bonchev–Trinajstić information content (AvgIpc) is 2.71. The lowest BCUT2D eigenvalue weighted by Gasteiger charge is -2.18. The van der Waals surface area contributed by atoms with Crippen LogP contribution in [-0.2, 0) is 0 Å². The standard InChI is InChI=1S/C26H14O2/c27-21-11-10-19-18-9-8-16-17-7-6-14-3-1-2-13-4-5-15(23(17)22(13)14)12-20(16)24(18)25(19)26(21)28/h1-12,27-28H. The van der Waals surface area contributed by atoms with Crippen molar-refractivity contribution >= 4 is 64.6 Å². The molecular weight excluding hydrogens is 344 g/mol. The summed E-state index contributed by atoms with van der Waals surface area (Å²) in [5.41, 5.74) is 0. The molecule has 7 rings (SSSR count). The summed E-state index contributed by atoms with van der Waals surface area (Å²) in [7, 11) is 0. The number of rotatable bonds is 0. The van der Waals surface area contributed by atoms with Gasteiger partial charge >= 0.3 is 0 Å². The lowest BCUT2D eigenvalue weighted by molar-refractivity contribution is 0.408. The molecule has 0 radical (unpaired) electrons. The zero-order chi connectivity index (χ0) is 18.6. The fraction of sp³-hybridized carbons (Fsp3) is 0. The zero-order valence-electron chi connectivity index (χ0n) is 14.8. The molecule has 130 valence electrons. The molecule has 7 aromatic rings. The second-order valence-corrected chi connectivity index (χ2v) is 7.67. The Morgan fingerprint density at radius 1 is 0.429 bits per heavy atom. The molecule has 2 N–H and O–H groups in total. The summed E-state index contributed by atoms with van der Waals surface area (Å²) in [5, 5.41) is 34.2. The quantitative estimate of drug-likeness (QED) is 0.176. The van der Waals surface area contributed by atoms with E-state index in [-0.39, 0.29) is 11.5 Å². The van der Waals surface area contributed by atoms with Gasteiger partial charge in [-0.2, -0.15) is 0 Å². The van der Waals surface area contributed by atoms with E-state index >= 15 is 0 Å². The summed E-state index contributed by atoms with van der Waals surface area (Å²) in [6, 6.07) is 25.2. The first-order valence-corrected chi connectivity index (χ1v) is 9.41. The Morgan fingerprint density at radius 3 is 1.89 bits per heavy atom. The Hall–Kier alpha value is -3.78. The number of aromatic hydroxyl groups is 2. The van der Waals surface area contributed by atoms with E-state index in [1.54, 1.807) is 6.07 Å². The van der Waals surface area contributed by atoms with Gasteiger partial charge in [0, 0.05) is 10.8 Å². The molecule has 0 amide bonds. The van der Waals surface area contributed by atoms with Crippen LogP contribution in [0.1, 0.15) is 0 Å². The molecule has 0 atom stereocenters. The van der Waals surface area contributed by atoms with Crippen LogP contribution in [0.4, 0.5) is 0 Å². The van der Waals surface area contributed by atoms with E-state index in [2.05, 4.69) is 60.7 Å². The largest absolute Gasteiger partial charge is 0.504 e. The Kier molecular flexibility index (Phi) is 2.32. The highest BCUT2D eigenvalue weighted by Crippen LogP contribution is 2.49. The van der Waals surface area contributed by atoms with E-state index in [4.69, 9.17) is 0 Å². The minimum absolute atomic E-state index is 0.0254. The van der Waals surface area contributed by atoms with Gasteiger partial charge < -0.3 is 10.2 Å². The molecule has 0 heterocycles. The molecule has 28 heavy (non-hydrogen) atoms.